The van der Waals surface area contributed by atoms with Crippen LogP contribution in [0, 0.1) is 18.3 Å². The quantitative estimate of drug-likeness (QED) is 0.707. The predicted molar refractivity (Wildman–Crippen MR) is 89.4 cm³/mol. The van der Waals surface area contributed by atoms with E-state index in [1.165, 1.54) is 24.1 Å². The lowest BCUT2D eigenvalue weighted by Crippen LogP contribution is -2.27. The second-order valence-electron chi connectivity index (χ2n) is 5.88. The Bertz CT molecular complexity index is 486. The molecule has 0 spiro atoms. The maximum atomic E-state index is 5.55. The minimum Gasteiger partial charge on any atom is -0.345 e. The van der Waals surface area contributed by atoms with E-state index >= 15 is 0 Å². The van der Waals surface area contributed by atoms with Crippen molar-refractivity contribution in [1.29, 1.82) is 0 Å². The standard InChI is InChI=1S/C18H27N3/c1-4-7-17-11-16(13-19-6-3)12-18(20-17)21(10-5-2)14-15-8-9-15/h2,11-12,15,19H,4,6-10,13-14H2,1,3H3. The molecule has 0 atom stereocenters. The van der Waals surface area contributed by atoms with E-state index in [-0.39, 0.29) is 0 Å². The fraction of sp³-hybridized carbons (Fsp3) is 0.611. The summed E-state index contributed by atoms with van der Waals surface area (Å²) < 4.78 is 0. The van der Waals surface area contributed by atoms with Gasteiger partial charge < -0.3 is 10.2 Å². The maximum Gasteiger partial charge on any atom is 0.129 e. The number of hydrogen-bond donors (Lipinski definition) is 1. The van der Waals surface area contributed by atoms with Crippen molar-refractivity contribution >= 4 is 5.82 Å². The van der Waals surface area contributed by atoms with Crippen molar-refractivity contribution < 1.29 is 0 Å². The molecule has 1 aliphatic rings. The van der Waals surface area contributed by atoms with Crippen molar-refractivity contribution in [2.75, 3.05) is 24.5 Å². The van der Waals surface area contributed by atoms with Crippen LogP contribution in [0.4, 0.5) is 5.82 Å². The van der Waals surface area contributed by atoms with Gasteiger partial charge in [0.1, 0.15) is 5.82 Å². The van der Waals surface area contributed by atoms with E-state index in [1.807, 2.05) is 0 Å². The van der Waals surface area contributed by atoms with Crippen molar-refractivity contribution in [3.8, 4) is 12.3 Å². The number of terminal acetylenes is 1. The van der Waals surface area contributed by atoms with Crippen molar-refractivity contribution in [2.45, 2.75) is 46.1 Å². The van der Waals surface area contributed by atoms with Gasteiger partial charge in [0.15, 0.2) is 0 Å². The molecule has 0 bridgehead atoms. The Labute approximate surface area is 129 Å². The van der Waals surface area contributed by atoms with E-state index in [1.54, 1.807) is 0 Å². The van der Waals surface area contributed by atoms with E-state index < -0.39 is 0 Å². The Hall–Kier alpha value is -1.53. The SMILES string of the molecule is C#CCN(CC1CC1)c1cc(CNCC)cc(CCC)n1. The van der Waals surface area contributed by atoms with Crippen LogP contribution in [-0.2, 0) is 13.0 Å². The zero-order chi connectivity index (χ0) is 15.1. The summed E-state index contributed by atoms with van der Waals surface area (Å²) in [5.41, 5.74) is 2.49. The van der Waals surface area contributed by atoms with Crippen LogP contribution in [0.2, 0.25) is 0 Å². The Morgan fingerprint density at radius 1 is 1.38 bits per heavy atom. The highest BCUT2D eigenvalue weighted by Gasteiger charge is 2.25. The second kappa shape index (κ2) is 8.05. The highest BCUT2D eigenvalue weighted by Crippen LogP contribution is 2.31. The fourth-order valence-electron chi connectivity index (χ4n) is 2.51. The molecule has 2 rings (SSSR count). The van der Waals surface area contributed by atoms with Crippen molar-refractivity contribution in [3.05, 3.63) is 23.4 Å². The molecule has 0 aliphatic heterocycles. The number of aromatic nitrogens is 1. The molecule has 1 N–H and O–H groups in total. The molecule has 21 heavy (non-hydrogen) atoms. The van der Waals surface area contributed by atoms with Gasteiger partial charge in [-0.1, -0.05) is 26.2 Å². The zero-order valence-electron chi connectivity index (χ0n) is 13.4. The van der Waals surface area contributed by atoms with E-state index in [9.17, 15) is 0 Å². The molecule has 114 valence electrons. The van der Waals surface area contributed by atoms with Gasteiger partial charge in [-0.3, -0.25) is 0 Å². The maximum absolute atomic E-state index is 5.55. The molecule has 0 amide bonds. The number of nitrogens with zero attached hydrogens (tertiary/aromatic N) is 2. The normalized spacial score (nSPS) is 14.0. The lowest BCUT2D eigenvalue weighted by molar-refractivity contribution is 0.716. The molecule has 0 unspecified atom stereocenters. The molecule has 1 aromatic heterocycles. The minimum absolute atomic E-state index is 0.653. The van der Waals surface area contributed by atoms with Crippen LogP contribution in [-0.4, -0.2) is 24.6 Å². The molecule has 1 aromatic rings. The Kier molecular flexibility index (Phi) is 6.07. The predicted octanol–water partition coefficient (Wildman–Crippen LogP) is 2.99. The molecule has 1 fully saturated rings. The third-order valence-corrected chi connectivity index (χ3v) is 3.79. The molecule has 1 aliphatic carbocycles. The molecule has 1 heterocycles. The van der Waals surface area contributed by atoms with Gasteiger partial charge in [0.05, 0.1) is 6.54 Å². The smallest absolute Gasteiger partial charge is 0.129 e. The first kappa shape index (κ1) is 15.9. The monoisotopic (exact) mass is 285 g/mol. The molecule has 0 radical (unpaired) electrons. The first-order valence-corrected chi connectivity index (χ1v) is 8.15. The summed E-state index contributed by atoms with van der Waals surface area (Å²) in [6.07, 6.45) is 10.4. The van der Waals surface area contributed by atoms with Gasteiger partial charge in [0.25, 0.3) is 0 Å². The van der Waals surface area contributed by atoms with Crippen molar-refractivity contribution in [1.82, 2.24) is 10.3 Å². The number of anilines is 1. The molecule has 1 saturated carbocycles. The van der Waals surface area contributed by atoms with Crippen LogP contribution in [0.25, 0.3) is 0 Å². The van der Waals surface area contributed by atoms with Crippen LogP contribution in [0.1, 0.15) is 44.4 Å². The number of hydrogen-bond acceptors (Lipinski definition) is 3. The van der Waals surface area contributed by atoms with Gasteiger partial charge in [-0.2, -0.15) is 0 Å². The summed E-state index contributed by atoms with van der Waals surface area (Å²) in [5.74, 6) is 4.65. The number of aryl methyl sites for hydroxylation is 1. The molecule has 3 heteroatoms. The summed E-state index contributed by atoms with van der Waals surface area (Å²) in [7, 11) is 0. The van der Waals surface area contributed by atoms with Crippen LogP contribution >= 0.6 is 0 Å². The molecule has 3 nitrogen and oxygen atoms in total. The van der Waals surface area contributed by atoms with Gasteiger partial charge >= 0.3 is 0 Å². The third kappa shape index (κ3) is 5.06. The summed E-state index contributed by atoms with van der Waals surface area (Å²) in [6.45, 7) is 7.91. The van der Waals surface area contributed by atoms with Gasteiger partial charge in [-0.25, -0.2) is 4.98 Å². The van der Waals surface area contributed by atoms with E-state index in [4.69, 9.17) is 11.4 Å². The molecule has 0 saturated heterocycles. The largest absolute Gasteiger partial charge is 0.345 e. The summed E-state index contributed by atoms with van der Waals surface area (Å²) in [6, 6.07) is 4.42. The Balaban J connectivity index is 2.20. The topological polar surface area (TPSA) is 28.2 Å². The van der Waals surface area contributed by atoms with Gasteiger partial charge in [0.2, 0.25) is 0 Å². The highest BCUT2D eigenvalue weighted by molar-refractivity contribution is 5.44. The van der Waals surface area contributed by atoms with Gasteiger partial charge in [0, 0.05) is 18.8 Å². The van der Waals surface area contributed by atoms with Gasteiger partial charge in [-0.15, -0.1) is 6.42 Å². The Morgan fingerprint density at radius 3 is 2.81 bits per heavy atom. The fourth-order valence-corrected chi connectivity index (χ4v) is 2.51. The Morgan fingerprint density at radius 2 is 2.19 bits per heavy atom. The summed E-state index contributed by atoms with van der Waals surface area (Å²) in [4.78, 5) is 7.10. The number of nitrogens with one attached hydrogen (secondary N) is 1. The summed E-state index contributed by atoms with van der Waals surface area (Å²) >= 11 is 0. The van der Waals surface area contributed by atoms with E-state index in [0.29, 0.717) is 6.54 Å². The molecule has 0 aromatic carbocycles. The number of rotatable bonds is 9. The molecular weight excluding hydrogens is 258 g/mol. The lowest BCUT2D eigenvalue weighted by atomic mass is 10.1. The first-order valence-electron chi connectivity index (χ1n) is 8.15. The van der Waals surface area contributed by atoms with Crippen molar-refractivity contribution in [3.63, 3.8) is 0 Å². The van der Waals surface area contributed by atoms with Crippen LogP contribution < -0.4 is 10.2 Å². The lowest BCUT2D eigenvalue weighted by Gasteiger charge is -2.22. The zero-order valence-corrected chi connectivity index (χ0v) is 13.4. The first-order chi connectivity index (χ1) is 10.3. The minimum atomic E-state index is 0.653. The van der Waals surface area contributed by atoms with Gasteiger partial charge in [-0.05, 0) is 49.4 Å². The second-order valence-corrected chi connectivity index (χ2v) is 5.88. The van der Waals surface area contributed by atoms with E-state index in [0.717, 1.165) is 44.2 Å². The van der Waals surface area contributed by atoms with E-state index in [2.05, 4.69) is 42.1 Å². The average molecular weight is 285 g/mol. The summed E-state index contributed by atoms with van der Waals surface area (Å²) in [5, 5.41) is 3.40. The molecular formula is C18H27N3. The average Bonchev–Trinajstić information content (AvgIpc) is 3.29. The van der Waals surface area contributed by atoms with Crippen LogP contribution in [0.15, 0.2) is 12.1 Å². The van der Waals surface area contributed by atoms with Crippen LogP contribution in [0.3, 0.4) is 0 Å². The number of pyridine rings is 1. The van der Waals surface area contributed by atoms with Crippen LogP contribution in [0.5, 0.6) is 0 Å². The highest BCUT2D eigenvalue weighted by atomic mass is 15.2. The van der Waals surface area contributed by atoms with Crippen molar-refractivity contribution in [2.24, 2.45) is 5.92 Å². The third-order valence-electron chi connectivity index (χ3n) is 3.79.